The van der Waals surface area contributed by atoms with E-state index in [4.69, 9.17) is 4.74 Å². The lowest BCUT2D eigenvalue weighted by Gasteiger charge is -2.19. The van der Waals surface area contributed by atoms with Crippen LogP contribution in [0, 0.1) is 0 Å². The Kier molecular flexibility index (Phi) is 4.82. The Morgan fingerprint density at radius 2 is 1.77 bits per heavy atom. The molecule has 2 aromatic carbocycles. The van der Waals surface area contributed by atoms with Crippen molar-refractivity contribution < 1.29 is 17.9 Å². The van der Waals surface area contributed by atoms with Crippen LogP contribution in [0.5, 0.6) is 0 Å². The standard InChI is InChI=1S/C16H17NO4S/c1-3-21-16(18)13-8-7-11-15(12-13)22(19,20)17(2)14-9-5-4-6-10-14/h4-12H,3H2,1-2H3. The molecule has 0 saturated heterocycles. The third kappa shape index (κ3) is 3.28. The Morgan fingerprint density at radius 3 is 2.41 bits per heavy atom. The number of carbonyl (C=O) groups excluding carboxylic acids is 1. The molecule has 0 aromatic heterocycles. The lowest BCUT2D eigenvalue weighted by Crippen LogP contribution is -2.26. The van der Waals surface area contributed by atoms with E-state index in [0.29, 0.717) is 5.69 Å². The molecule has 0 N–H and O–H groups in total. The van der Waals surface area contributed by atoms with Gasteiger partial charge in [-0.1, -0.05) is 24.3 Å². The smallest absolute Gasteiger partial charge is 0.338 e. The second-order valence-electron chi connectivity index (χ2n) is 4.56. The minimum atomic E-state index is -3.74. The largest absolute Gasteiger partial charge is 0.462 e. The number of carbonyl (C=O) groups is 1. The fraction of sp³-hybridized carbons (Fsp3) is 0.188. The van der Waals surface area contributed by atoms with Gasteiger partial charge >= 0.3 is 5.97 Å². The Labute approximate surface area is 130 Å². The minimum Gasteiger partial charge on any atom is -0.462 e. The fourth-order valence-corrected chi connectivity index (χ4v) is 3.17. The van der Waals surface area contributed by atoms with E-state index in [1.807, 2.05) is 6.07 Å². The second-order valence-corrected chi connectivity index (χ2v) is 6.53. The Morgan fingerprint density at radius 1 is 1.09 bits per heavy atom. The number of rotatable bonds is 5. The Hall–Kier alpha value is -2.34. The number of sulfonamides is 1. The molecule has 0 unspecified atom stereocenters. The molecule has 6 heteroatoms. The highest BCUT2D eigenvalue weighted by atomic mass is 32.2. The SMILES string of the molecule is CCOC(=O)c1cccc(S(=O)(=O)N(C)c2ccccc2)c1. The molecule has 0 fully saturated rings. The average molecular weight is 319 g/mol. The lowest BCUT2D eigenvalue weighted by molar-refractivity contribution is 0.0526. The molecule has 5 nitrogen and oxygen atoms in total. The van der Waals surface area contributed by atoms with Crippen LogP contribution >= 0.6 is 0 Å². The minimum absolute atomic E-state index is 0.0457. The van der Waals surface area contributed by atoms with Crippen molar-refractivity contribution in [3.05, 3.63) is 60.2 Å². The first kappa shape index (κ1) is 16.0. The highest BCUT2D eigenvalue weighted by molar-refractivity contribution is 7.92. The maximum atomic E-state index is 12.6. The first-order valence-corrected chi connectivity index (χ1v) is 8.22. The topological polar surface area (TPSA) is 63.7 Å². The molecule has 0 saturated carbocycles. The normalized spacial score (nSPS) is 11.0. The first-order valence-electron chi connectivity index (χ1n) is 6.78. The molecular weight excluding hydrogens is 302 g/mol. The summed E-state index contributed by atoms with van der Waals surface area (Å²) in [5, 5.41) is 0. The lowest BCUT2D eigenvalue weighted by atomic mass is 10.2. The van der Waals surface area contributed by atoms with Crippen LogP contribution in [0.15, 0.2) is 59.5 Å². The highest BCUT2D eigenvalue weighted by Crippen LogP contribution is 2.22. The van der Waals surface area contributed by atoms with Gasteiger partial charge in [-0.2, -0.15) is 0 Å². The monoisotopic (exact) mass is 319 g/mol. The van der Waals surface area contributed by atoms with Crippen molar-refractivity contribution >= 4 is 21.7 Å². The summed E-state index contributed by atoms with van der Waals surface area (Å²) in [4.78, 5) is 11.8. The maximum absolute atomic E-state index is 12.6. The zero-order valence-electron chi connectivity index (χ0n) is 12.4. The van der Waals surface area contributed by atoms with E-state index >= 15 is 0 Å². The van der Waals surface area contributed by atoms with Crippen LogP contribution in [0.3, 0.4) is 0 Å². The Bertz CT molecular complexity index is 757. The number of benzene rings is 2. The zero-order valence-corrected chi connectivity index (χ0v) is 13.2. The quantitative estimate of drug-likeness (QED) is 0.795. The van der Waals surface area contributed by atoms with Gasteiger partial charge in [0.25, 0.3) is 10.0 Å². The summed E-state index contributed by atoms with van der Waals surface area (Å²) in [5.41, 5.74) is 0.758. The number of ether oxygens (including phenoxy) is 1. The zero-order chi connectivity index (χ0) is 16.2. The van der Waals surface area contributed by atoms with Crippen LogP contribution in [-0.2, 0) is 14.8 Å². The van der Waals surface area contributed by atoms with E-state index in [9.17, 15) is 13.2 Å². The van der Waals surface area contributed by atoms with Gasteiger partial charge in [0.15, 0.2) is 0 Å². The maximum Gasteiger partial charge on any atom is 0.338 e. The molecule has 0 aliphatic rings. The summed E-state index contributed by atoms with van der Waals surface area (Å²) in [6.45, 7) is 1.93. The average Bonchev–Trinajstić information content (AvgIpc) is 2.55. The number of anilines is 1. The molecule has 0 amide bonds. The van der Waals surface area contributed by atoms with Gasteiger partial charge in [0, 0.05) is 7.05 Å². The first-order chi connectivity index (χ1) is 10.5. The molecular formula is C16H17NO4S. The van der Waals surface area contributed by atoms with Crippen molar-refractivity contribution in [2.45, 2.75) is 11.8 Å². The summed E-state index contributed by atoms with van der Waals surface area (Å²) in [6, 6.07) is 14.6. The van der Waals surface area contributed by atoms with E-state index in [0.717, 1.165) is 0 Å². The van der Waals surface area contributed by atoms with Gasteiger partial charge in [0.1, 0.15) is 0 Å². The predicted octanol–water partition coefficient (Wildman–Crippen LogP) is 2.69. The van der Waals surface area contributed by atoms with E-state index in [2.05, 4.69) is 0 Å². The number of hydrogen-bond acceptors (Lipinski definition) is 4. The highest BCUT2D eigenvalue weighted by Gasteiger charge is 2.22. The third-order valence-electron chi connectivity index (χ3n) is 3.12. The molecule has 22 heavy (non-hydrogen) atoms. The van der Waals surface area contributed by atoms with Crippen LogP contribution in [0.4, 0.5) is 5.69 Å². The Balaban J connectivity index is 2.38. The summed E-state index contributed by atoms with van der Waals surface area (Å²) in [7, 11) is -2.26. The molecule has 116 valence electrons. The number of hydrogen-bond donors (Lipinski definition) is 0. The second kappa shape index (κ2) is 6.62. The van der Waals surface area contributed by atoms with E-state index < -0.39 is 16.0 Å². The van der Waals surface area contributed by atoms with E-state index in [-0.39, 0.29) is 17.1 Å². The van der Waals surface area contributed by atoms with Crippen molar-refractivity contribution in [3.8, 4) is 0 Å². The summed E-state index contributed by atoms with van der Waals surface area (Å²) < 4.78 is 31.3. The van der Waals surface area contributed by atoms with Gasteiger partial charge in [0.2, 0.25) is 0 Å². The van der Waals surface area contributed by atoms with Gasteiger partial charge < -0.3 is 4.74 Å². The van der Waals surface area contributed by atoms with Gasteiger partial charge in [-0.15, -0.1) is 0 Å². The molecule has 0 aliphatic carbocycles. The van der Waals surface area contributed by atoms with Crippen molar-refractivity contribution in [1.29, 1.82) is 0 Å². The molecule has 0 bridgehead atoms. The number of esters is 1. The van der Waals surface area contributed by atoms with Crippen LogP contribution in [0.25, 0.3) is 0 Å². The number of nitrogens with zero attached hydrogens (tertiary/aromatic N) is 1. The molecule has 0 atom stereocenters. The van der Waals surface area contributed by atoms with Gasteiger partial charge in [0.05, 0.1) is 22.8 Å². The van der Waals surface area contributed by atoms with Crippen molar-refractivity contribution in [1.82, 2.24) is 0 Å². The molecule has 0 heterocycles. The fourth-order valence-electron chi connectivity index (χ4n) is 1.93. The van der Waals surface area contributed by atoms with Gasteiger partial charge in [-0.25, -0.2) is 13.2 Å². The van der Waals surface area contributed by atoms with E-state index in [1.165, 1.54) is 35.6 Å². The summed E-state index contributed by atoms with van der Waals surface area (Å²) in [6.07, 6.45) is 0. The van der Waals surface area contributed by atoms with Gasteiger partial charge in [-0.05, 0) is 37.3 Å². The summed E-state index contributed by atoms with van der Waals surface area (Å²) >= 11 is 0. The number of para-hydroxylation sites is 1. The molecule has 0 spiro atoms. The van der Waals surface area contributed by atoms with Crippen LogP contribution in [0.2, 0.25) is 0 Å². The van der Waals surface area contributed by atoms with E-state index in [1.54, 1.807) is 31.2 Å². The third-order valence-corrected chi connectivity index (χ3v) is 4.90. The summed E-state index contributed by atoms with van der Waals surface area (Å²) in [5.74, 6) is -0.540. The van der Waals surface area contributed by atoms with Crippen LogP contribution in [0.1, 0.15) is 17.3 Å². The van der Waals surface area contributed by atoms with Crippen LogP contribution < -0.4 is 4.31 Å². The van der Waals surface area contributed by atoms with Crippen LogP contribution in [-0.4, -0.2) is 28.0 Å². The molecule has 0 aliphatic heterocycles. The molecule has 2 aromatic rings. The predicted molar refractivity (Wildman–Crippen MR) is 84.4 cm³/mol. The van der Waals surface area contributed by atoms with Crippen molar-refractivity contribution in [2.75, 3.05) is 18.0 Å². The van der Waals surface area contributed by atoms with Crippen molar-refractivity contribution in [2.24, 2.45) is 0 Å². The molecule has 2 rings (SSSR count). The molecule has 0 radical (unpaired) electrons. The van der Waals surface area contributed by atoms with Gasteiger partial charge in [-0.3, -0.25) is 4.31 Å². The van der Waals surface area contributed by atoms with Crippen molar-refractivity contribution in [3.63, 3.8) is 0 Å².